The molecule has 1 aromatic carbocycles. The predicted molar refractivity (Wildman–Crippen MR) is 63.0 cm³/mol. The van der Waals surface area contributed by atoms with Crippen LogP contribution in [-0.2, 0) is 6.42 Å². The van der Waals surface area contributed by atoms with Crippen molar-refractivity contribution in [2.24, 2.45) is 5.73 Å². The van der Waals surface area contributed by atoms with Crippen LogP contribution in [0.5, 0.6) is 0 Å². The van der Waals surface area contributed by atoms with Crippen molar-refractivity contribution in [3.8, 4) is 0 Å². The molecule has 0 saturated carbocycles. The SMILES string of the molecule is CC(N)CCCc1cccc(Cl)c1Cl. The van der Waals surface area contributed by atoms with Crippen LogP contribution in [0.3, 0.4) is 0 Å². The van der Waals surface area contributed by atoms with Crippen molar-refractivity contribution in [2.75, 3.05) is 0 Å². The lowest BCUT2D eigenvalue weighted by Crippen LogP contribution is -2.14. The summed E-state index contributed by atoms with van der Waals surface area (Å²) in [6.07, 6.45) is 3.02. The van der Waals surface area contributed by atoms with E-state index in [9.17, 15) is 0 Å². The zero-order valence-corrected chi connectivity index (χ0v) is 9.78. The lowest BCUT2D eigenvalue weighted by Gasteiger charge is -2.07. The Hall–Kier alpha value is -0.240. The number of benzene rings is 1. The zero-order chi connectivity index (χ0) is 10.6. The Balaban J connectivity index is 2.54. The molecule has 3 heteroatoms. The predicted octanol–water partition coefficient (Wildman–Crippen LogP) is 3.66. The molecule has 1 nitrogen and oxygen atoms in total. The van der Waals surface area contributed by atoms with Crippen LogP contribution in [0, 0.1) is 0 Å². The summed E-state index contributed by atoms with van der Waals surface area (Å²) in [5, 5.41) is 1.31. The second-order valence-electron chi connectivity index (χ2n) is 3.58. The molecule has 0 aliphatic carbocycles. The molecule has 0 aromatic heterocycles. The molecule has 1 atom stereocenters. The average Bonchev–Trinajstić information content (AvgIpc) is 2.12. The summed E-state index contributed by atoms with van der Waals surface area (Å²) in [7, 11) is 0. The molecule has 0 spiro atoms. The summed E-state index contributed by atoms with van der Waals surface area (Å²) in [5.41, 5.74) is 6.78. The van der Waals surface area contributed by atoms with E-state index in [1.165, 1.54) is 0 Å². The summed E-state index contributed by atoms with van der Waals surface area (Å²) in [6, 6.07) is 6.00. The van der Waals surface area contributed by atoms with Crippen molar-refractivity contribution in [3.05, 3.63) is 33.8 Å². The normalized spacial score (nSPS) is 12.9. The van der Waals surface area contributed by atoms with Gasteiger partial charge in [0.1, 0.15) is 0 Å². The van der Waals surface area contributed by atoms with Gasteiger partial charge in [0.2, 0.25) is 0 Å². The van der Waals surface area contributed by atoms with E-state index < -0.39 is 0 Å². The number of aryl methyl sites for hydroxylation is 1. The molecule has 78 valence electrons. The van der Waals surface area contributed by atoms with Gasteiger partial charge in [0, 0.05) is 6.04 Å². The first-order valence-corrected chi connectivity index (χ1v) is 5.55. The Bertz CT molecular complexity index is 297. The van der Waals surface area contributed by atoms with Gasteiger partial charge in [-0.05, 0) is 37.8 Å². The van der Waals surface area contributed by atoms with Gasteiger partial charge in [-0.1, -0.05) is 35.3 Å². The first-order chi connectivity index (χ1) is 6.61. The van der Waals surface area contributed by atoms with Crippen LogP contribution in [0.2, 0.25) is 10.0 Å². The summed E-state index contributed by atoms with van der Waals surface area (Å²) < 4.78 is 0. The zero-order valence-electron chi connectivity index (χ0n) is 8.26. The molecule has 0 bridgehead atoms. The van der Waals surface area contributed by atoms with Crippen molar-refractivity contribution in [1.29, 1.82) is 0 Å². The van der Waals surface area contributed by atoms with E-state index in [0.29, 0.717) is 10.0 Å². The molecule has 0 fully saturated rings. The van der Waals surface area contributed by atoms with Crippen LogP contribution < -0.4 is 5.73 Å². The van der Waals surface area contributed by atoms with E-state index in [1.54, 1.807) is 6.07 Å². The largest absolute Gasteiger partial charge is 0.328 e. The van der Waals surface area contributed by atoms with E-state index in [1.807, 2.05) is 19.1 Å². The standard InChI is InChI=1S/C11H15Cl2N/c1-8(14)4-2-5-9-6-3-7-10(12)11(9)13/h3,6-8H,2,4-5,14H2,1H3. The average molecular weight is 232 g/mol. The molecule has 1 aromatic rings. The molecule has 1 unspecified atom stereocenters. The molecule has 0 aliphatic heterocycles. The fraction of sp³-hybridized carbons (Fsp3) is 0.455. The highest BCUT2D eigenvalue weighted by molar-refractivity contribution is 6.42. The molecule has 0 amide bonds. The summed E-state index contributed by atoms with van der Waals surface area (Å²) in [6.45, 7) is 2.01. The molecule has 0 radical (unpaired) electrons. The van der Waals surface area contributed by atoms with E-state index in [4.69, 9.17) is 28.9 Å². The minimum absolute atomic E-state index is 0.257. The molecule has 0 saturated heterocycles. The topological polar surface area (TPSA) is 26.0 Å². The van der Waals surface area contributed by atoms with Gasteiger partial charge in [0.05, 0.1) is 10.0 Å². The van der Waals surface area contributed by atoms with Crippen molar-refractivity contribution in [3.63, 3.8) is 0 Å². The third kappa shape index (κ3) is 3.49. The van der Waals surface area contributed by atoms with Crippen LogP contribution >= 0.6 is 23.2 Å². The second-order valence-corrected chi connectivity index (χ2v) is 4.37. The third-order valence-corrected chi connectivity index (χ3v) is 3.00. The maximum Gasteiger partial charge on any atom is 0.0624 e. The van der Waals surface area contributed by atoms with Crippen molar-refractivity contribution in [2.45, 2.75) is 32.2 Å². The van der Waals surface area contributed by atoms with E-state index in [-0.39, 0.29) is 6.04 Å². The highest BCUT2D eigenvalue weighted by Gasteiger charge is 2.04. The second kappa shape index (κ2) is 5.59. The van der Waals surface area contributed by atoms with Crippen LogP contribution in [0.15, 0.2) is 18.2 Å². The highest BCUT2D eigenvalue weighted by atomic mass is 35.5. The van der Waals surface area contributed by atoms with Crippen molar-refractivity contribution >= 4 is 23.2 Å². The fourth-order valence-electron chi connectivity index (χ4n) is 1.36. The first kappa shape index (κ1) is 11.8. The molecular formula is C11H15Cl2N. The first-order valence-electron chi connectivity index (χ1n) is 4.79. The molecular weight excluding hydrogens is 217 g/mol. The fourth-order valence-corrected chi connectivity index (χ4v) is 1.77. The van der Waals surface area contributed by atoms with Crippen molar-refractivity contribution in [1.82, 2.24) is 0 Å². The van der Waals surface area contributed by atoms with Gasteiger partial charge >= 0.3 is 0 Å². The number of halogens is 2. The van der Waals surface area contributed by atoms with Gasteiger partial charge in [-0.25, -0.2) is 0 Å². The van der Waals surface area contributed by atoms with Gasteiger partial charge in [0.25, 0.3) is 0 Å². The third-order valence-electron chi connectivity index (χ3n) is 2.14. The van der Waals surface area contributed by atoms with Gasteiger partial charge in [0.15, 0.2) is 0 Å². The highest BCUT2D eigenvalue weighted by Crippen LogP contribution is 2.26. The van der Waals surface area contributed by atoms with E-state index >= 15 is 0 Å². The van der Waals surface area contributed by atoms with Gasteiger partial charge in [-0.15, -0.1) is 0 Å². The Morgan fingerprint density at radius 2 is 2.07 bits per heavy atom. The van der Waals surface area contributed by atoms with Crippen LogP contribution in [-0.4, -0.2) is 6.04 Å². The lowest BCUT2D eigenvalue weighted by molar-refractivity contribution is 0.624. The minimum Gasteiger partial charge on any atom is -0.328 e. The van der Waals surface area contributed by atoms with E-state index in [0.717, 1.165) is 24.8 Å². The molecule has 14 heavy (non-hydrogen) atoms. The molecule has 0 heterocycles. The Labute approximate surface area is 95.2 Å². The Kier molecular flexibility index (Phi) is 4.73. The van der Waals surface area contributed by atoms with Crippen molar-refractivity contribution < 1.29 is 0 Å². The number of hydrogen-bond donors (Lipinski definition) is 1. The molecule has 2 N–H and O–H groups in total. The summed E-state index contributed by atoms with van der Waals surface area (Å²) >= 11 is 11.9. The van der Waals surface area contributed by atoms with Gasteiger partial charge < -0.3 is 5.73 Å². The van der Waals surface area contributed by atoms with Crippen LogP contribution in [0.4, 0.5) is 0 Å². The maximum atomic E-state index is 6.05. The monoisotopic (exact) mass is 231 g/mol. The van der Waals surface area contributed by atoms with Crippen LogP contribution in [0.1, 0.15) is 25.3 Å². The minimum atomic E-state index is 0.257. The van der Waals surface area contributed by atoms with Gasteiger partial charge in [-0.2, -0.15) is 0 Å². The number of hydrogen-bond acceptors (Lipinski definition) is 1. The number of nitrogens with two attached hydrogens (primary N) is 1. The van der Waals surface area contributed by atoms with Crippen LogP contribution in [0.25, 0.3) is 0 Å². The lowest BCUT2D eigenvalue weighted by atomic mass is 10.1. The Morgan fingerprint density at radius 1 is 1.36 bits per heavy atom. The van der Waals surface area contributed by atoms with Gasteiger partial charge in [-0.3, -0.25) is 0 Å². The quantitative estimate of drug-likeness (QED) is 0.842. The summed E-state index contributed by atoms with van der Waals surface area (Å²) in [5.74, 6) is 0. The molecule has 1 rings (SSSR count). The number of rotatable bonds is 4. The maximum absolute atomic E-state index is 6.05. The molecule has 0 aliphatic rings. The Morgan fingerprint density at radius 3 is 2.71 bits per heavy atom. The summed E-state index contributed by atoms with van der Waals surface area (Å²) in [4.78, 5) is 0. The van der Waals surface area contributed by atoms with E-state index in [2.05, 4.69) is 0 Å². The smallest absolute Gasteiger partial charge is 0.0624 e.